The van der Waals surface area contributed by atoms with Crippen LogP contribution in [0.2, 0.25) is 5.02 Å². The van der Waals surface area contributed by atoms with Crippen molar-refractivity contribution in [3.63, 3.8) is 0 Å². The molecule has 278 valence electrons. The highest BCUT2D eigenvalue weighted by Crippen LogP contribution is 2.41. The SMILES string of the molecule is CCc1c(Cl)cccc1C1Cc2nc(OC[C@@]34CCCN3CC(F)C4)nc(N3CCCN=C(/C(Cl)=C(\N)C(=O)N4CCSCC4)C3)c2CO1.CO. The van der Waals surface area contributed by atoms with Gasteiger partial charge in [-0.1, -0.05) is 42.3 Å². The molecule has 3 fully saturated rings. The third-order valence-electron chi connectivity index (χ3n) is 10.5. The van der Waals surface area contributed by atoms with E-state index in [1.54, 1.807) is 4.90 Å². The van der Waals surface area contributed by atoms with Gasteiger partial charge in [0.15, 0.2) is 0 Å². The second-order valence-electron chi connectivity index (χ2n) is 13.5. The predicted molar refractivity (Wildman–Crippen MR) is 201 cm³/mol. The van der Waals surface area contributed by atoms with Crippen LogP contribution < -0.4 is 15.4 Å². The maximum absolute atomic E-state index is 14.6. The van der Waals surface area contributed by atoms with Crippen LogP contribution in [0.4, 0.5) is 10.2 Å². The molecule has 0 radical (unpaired) electrons. The van der Waals surface area contributed by atoms with E-state index in [9.17, 15) is 9.18 Å². The van der Waals surface area contributed by atoms with Gasteiger partial charge in [-0.3, -0.25) is 14.7 Å². The van der Waals surface area contributed by atoms with E-state index in [4.69, 9.17) is 58.5 Å². The highest BCUT2D eigenvalue weighted by Gasteiger charge is 2.49. The molecule has 3 N–H and O–H groups in total. The van der Waals surface area contributed by atoms with Crippen molar-refractivity contribution in [3.05, 3.63) is 56.3 Å². The molecule has 7 rings (SSSR count). The largest absolute Gasteiger partial charge is 0.461 e. The van der Waals surface area contributed by atoms with Crippen LogP contribution in [-0.4, -0.2) is 119 Å². The Kier molecular flexibility index (Phi) is 12.7. The van der Waals surface area contributed by atoms with E-state index in [-0.39, 0.29) is 34.3 Å². The van der Waals surface area contributed by atoms with E-state index in [1.807, 2.05) is 23.9 Å². The van der Waals surface area contributed by atoms with E-state index >= 15 is 0 Å². The van der Waals surface area contributed by atoms with Crippen molar-refractivity contribution in [3.8, 4) is 6.01 Å². The van der Waals surface area contributed by atoms with E-state index < -0.39 is 6.17 Å². The molecule has 0 spiro atoms. The Morgan fingerprint density at radius 1 is 1.20 bits per heavy atom. The van der Waals surface area contributed by atoms with Gasteiger partial charge < -0.3 is 30.1 Å². The van der Waals surface area contributed by atoms with Gasteiger partial charge in [0.2, 0.25) is 0 Å². The number of halogens is 3. The molecule has 5 aliphatic rings. The Morgan fingerprint density at radius 2 is 2.00 bits per heavy atom. The molecular weight excluding hydrogens is 716 g/mol. The molecule has 0 aliphatic carbocycles. The van der Waals surface area contributed by atoms with Crippen LogP contribution >= 0.6 is 35.0 Å². The molecule has 3 atom stereocenters. The monoisotopic (exact) mass is 763 g/mol. The highest BCUT2D eigenvalue weighted by molar-refractivity contribution is 7.99. The number of nitrogens with zero attached hydrogens (tertiary/aromatic N) is 6. The van der Waals surface area contributed by atoms with Crippen molar-refractivity contribution >= 4 is 52.4 Å². The smallest absolute Gasteiger partial charge is 0.318 e. The van der Waals surface area contributed by atoms with Gasteiger partial charge in [-0.2, -0.15) is 21.7 Å². The lowest BCUT2D eigenvalue weighted by molar-refractivity contribution is -0.126. The van der Waals surface area contributed by atoms with Gasteiger partial charge in [0, 0.05) is 74.8 Å². The quantitative estimate of drug-likeness (QED) is 0.365. The van der Waals surface area contributed by atoms with Crippen LogP contribution in [-0.2, 0) is 29.0 Å². The van der Waals surface area contributed by atoms with E-state index in [0.29, 0.717) is 76.9 Å². The number of thioether (sulfide) groups is 1. The number of carbonyl (C=O) groups is 1. The third-order valence-corrected chi connectivity index (χ3v) is 12.2. The molecule has 51 heavy (non-hydrogen) atoms. The minimum Gasteiger partial charge on any atom is -0.461 e. The molecule has 15 heteroatoms. The molecule has 2 aromatic rings. The number of alkyl halides is 1. The number of aromatic nitrogens is 2. The topological polar surface area (TPSA) is 130 Å². The summed E-state index contributed by atoms with van der Waals surface area (Å²) in [4.78, 5) is 34.1. The summed E-state index contributed by atoms with van der Waals surface area (Å²) in [5.41, 5.74) is 10.5. The van der Waals surface area contributed by atoms with Crippen LogP contribution in [0.3, 0.4) is 0 Å². The van der Waals surface area contributed by atoms with Gasteiger partial charge in [-0.05, 0) is 49.4 Å². The first-order valence-corrected chi connectivity index (χ1v) is 19.7. The van der Waals surface area contributed by atoms with Crippen LogP contribution in [0.1, 0.15) is 61.1 Å². The number of rotatable bonds is 8. The number of benzene rings is 1. The maximum atomic E-state index is 14.6. The summed E-state index contributed by atoms with van der Waals surface area (Å²) >= 11 is 15.3. The molecule has 11 nitrogen and oxygen atoms in total. The van der Waals surface area contributed by atoms with Crippen LogP contribution in [0, 0.1) is 0 Å². The molecular formula is C36H48Cl2FN7O4S. The van der Waals surface area contributed by atoms with Crippen molar-refractivity contribution in [1.29, 1.82) is 0 Å². The number of amides is 1. The lowest BCUT2D eigenvalue weighted by atomic mass is 9.94. The first-order valence-electron chi connectivity index (χ1n) is 17.8. The zero-order valence-corrected chi connectivity index (χ0v) is 31.7. The van der Waals surface area contributed by atoms with Crippen molar-refractivity contribution in [2.75, 3.05) is 75.9 Å². The average Bonchev–Trinajstić information content (AvgIpc) is 3.57. The fourth-order valence-corrected chi connectivity index (χ4v) is 9.36. The van der Waals surface area contributed by atoms with Crippen molar-refractivity contribution in [2.24, 2.45) is 10.7 Å². The van der Waals surface area contributed by atoms with E-state index in [1.165, 1.54) is 0 Å². The number of aliphatic hydroxyl groups is 1. The van der Waals surface area contributed by atoms with E-state index in [0.717, 1.165) is 78.3 Å². The summed E-state index contributed by atoms with van der Waals surface area (Å²) in [6.07, 6.45) is 3.34. The second-order valence-corrected chi connectivity index (χ2v) is 15.5. The molecule has 3 saturated heterocycles. The number of aliphatic hydroxyl groups excluding tert-OH is 1. The van der Waals surface area contributed by atoms with Gasteiger partial charge in [0.05, 0.1) is 41.2 Å². The minimum atomic E-state index is -0.854. The number of anilines is 1. The molecule has 5 aliphatic heterocycles. The minimum absolute atomic E-state index is 0.0189. The summed E-state index contributed by atoms with van der Waals surface area (Å²) in [5, 5.41) is 7.91. The maximum Gasteiger partial charge on any atom is 0.318 e. The highest BCUT2D eigenvalue weighted by atomic mass is 35.5. The summed E-state index contributed by atoms with van der Waals surface area (Å²) in [6, 6.07) is 6.20. The first kappa shape index (κ1) is 38.1. The lowest BCUT2D eigenvalue weighted by Crippen LogP contribution is -2.43. The fraction of sp³-hybridized carbons (Fsp3) is 0.611. The molecule has 1 aromatic carbocycles. The predicted octanol–water partition coefficient (Wildman–Crippen LogP) is 4.71. The number of aliphatic imine (C=N–C) groups is 1. The molecule has 1 aromatic heterocycles. The zero-order chi connectivity index (χ0) is 36.1. The van der Waals surface area contributed by atoms with Crippen molar-refractivity contribution in [2.45, 2.75) is 69.9 Å². The van der Waals surface area contributed by atoms with Crippen molar-refractivity contribution < 1.29 is 23.8 Å². The van der Waals surface area contributed by atoms with Crippen LogP contribution in [0.25, 0.3) is 0 Å². The van der Waals surface area contributed by atoms with Gasteiger partial charge in [0.1, 0.15) is 24.3 Å². The van der Waals surface area contributed by atoms with Gasteiger partial charge in [-0.15, -0.1) is 0 Å². The normalized spacial score (nSPS) is 25.6. The molecule has 2 unspecified atom stereocenters. The van der Waals surface area contributed by atoms with Crippen molar-refractivity contribution in [1.82, 2.24) is 19.8 Å². The summed E-state index contributed by atoms with van der Waals surface area (Å²) in [7, 11) is 1.00. The Bertz CT molecular complexity index is 1640. The summed E-state index contributed by atoms with van der Waals surface area (Å²) < 4.78 is 27.5. The van der Waals surface area contributed by atoms with Crippen LogP contribution in [0.15, 0.2) is 33.9 Å². The Hall–Kier alpha value is -2.68. The first-order chi connectivity index (χ1) is 24.8. The Morgan fingerprint density at radius 3 is 2.78 bits per heavy atom. The average molecular weight is 765 g/mol. The standard InChI is InChI=1S/C35H44Cl2FN7O3S.CH4O/c1-2-23-24(6-3-7-26(23)36)29-16-27-25(20-47-29)32(42-34(41-27)48-21-35-8-4-11-45(35)18-22(38)17-35)44-10-5-9-40-28(19-44)30(37)31(39)33(46)43-12-14-49-15-13-43;1-2/h3,6-7,22,29H,2,4-5,8-21,39H2,1H3;2H,1H3/b31-30+;/t22?,29?,35-;/m0./s1. The third kappa shape index (κ3) is 8.13. The molecule has 1 amide bonds. The fourth-order valence-electron chi connectivity index (χ4n) is 7.94. The van der Waals surface area contributed by atoms with Crippen LogP contribution in [0.5, 0.6) is 6.01 Å². The van der Waals surface area contributed by atoms with E-state index in [2.05, 4.69) is 22.8 Å². The second kappa shape index (κ2) is 17.0. The number of hydrogen-bond donors (Lipinski definition) is 2. The molecule has 6 heterocycles. The lowest BCUT2D eigenvalue weighted by Gasteiger charge is -2.33. The Labute approximate surface area is 313 Å². The number of ether oxygens (including phenoxy) is 2. The number of hydrogen-bond acceptors (Lipinski definition) is 11. The summed E-state index contributed by atoms with van der Waals surface area (Å²) in [6.45, 7) is 6.83. The number of nitrogens with two attached hydrogens (primary N) is 1. The van der Waals surface area contributed by atoms with Gasteiger partial charge in [-0.25, -0.2) is 4.39 Å². The zero-order valence-electron chi connectivity index (χ0n) is 29.4. The molecule has 0 saturated carbocycles. The Balaban J connectivity index is 0.00000220. The number of carbonyl (C=O) groups excluding carboxylic acids is 1. The molecule has 0 bridgehead atoms. The summed E-state index contributed by atoms with van der Waals surface area (Å²) in [5.74, 6) is 2.19. The number of fused-ring (bicyclic) bond motifs is 2. The van der Waals surface area contributed by atoms with Gasteiger partial charge >= 0.3 is 6.01 Å². The van der Waals surface area contributed by atoms with Gasteiger partial charge in [0.25, 0.3) is 5.91 Å².